The van der Waals surface area contributed by atoms with Crippen molar-refractivity contribution in [1.29, 1.82) is 0 Å². The first-order chi connectivity index (χ1) is 8.56. The van der Waals surface area contributed by atoms with E-state index < -0.39 is 11.9 Å². The zero-order chi connectivity index (χ0) is 13.1. The van der Waals surface area contributed by atoms with E-state index in [0.29, 0.717) is 26.1 Å². The summed E-state index contributed by atoms with van der Waals surface area (Å²) in [5, 5.41) is 12.6. The van der Waals surface area contributed by atoms with Gasteiger partial charge in [-0.1, -0.05) is 0 Å². The number of nitrogens with one attached hydrogen (secondary N) is 1. The second-order valence-electron chi connectivity index (χ2n) is 4.27. The number of thiazole rings is 1. The Morgan fingerprint density at radius 2 is 2.44 bits per heavy atom. The van der Waals surface area contributed by atoms with E-state index in [9.17, 15) is 9.59 Å². The fourth-order valence-corrected chi connectivity index (χ4v) is 2.64. The highest BCUT2D eigenvalue weighted by molar-refractivity contribution is 7.11. The van der Waals surface area contributed by atoms with Crippen LogP contribution in [-0.2, 0) is 11.3 Å². The van der Waals surface area contributed by atoms with Crippen LogP contribution in [0, 0.1) is 12.8 Å². The number of rotatable bonds is 3. The molecule has 1 atom stereocenters. The Bertz CT molecular complexity index is 460. The maximum atomic E-state index is 11.8. The Morgan fingerprint density at radius 1 is 1.67 bits per heavy atom. The molecule has 0 aliphatic carbocycles. The zero-order valence-electron chi connectivity index (χ0n) is 10.0. The molecule has 1 fully saturated rings. The molecule has 0 spiro atoms. The van der Waals surface area contributed by atoms with Crippen molar-refractivity contribution in [1.82, 2.24) is 15.2 Å². The summed E-state index contributed by atoms with van der Waals surface area (Å²) in [6, 6.07) is -0.204. The van der Waals surface area contributed by atoms with Gasteiger partial charge in [0.15, 0.2) is 0 Å². The van der Waals surface area contributed by atoms with Crippen LogP contribution < -0.4 is 5.32 Å². The number of hydrogen-bond acceptors (Lipinski definition) is 4. The fraction of sp³-hybridized carbons (Fsp3) is 0.545. The van der Waals surface area contributed by atoms with Crippen molar-refractivity contribution < 1.29 is 14.7 Å². The van der Waals surface area contributed by atoms with Crippen LogP contribution >= 0.6 is 11.3 Å². The number of likely N-dealkylation sites (tertiary alicyclic amines) is 1. The van der Waals surface area contributed by atoms with Gasteiger partial charge in [-0.2, -0.15) is 0 Å². The minimum atomic E-state index is -0.830. The van der Waals surface area contributed by atoms with Crippen molar-refractivity contribution >= 4 is 23.3 Å². The number of carbonyl (C=O) groups is 2. The molecule has 1 aromatic heterocycles. The number of carbonyl (C=O) groups excluding carboxylic acids is 1. The van der Waals surface area contributed by atoms with E-state index >= 15 is 0 Å². The molecule has 0 aromatic carbocycles. The van der Waals surface area contributed by atoms with Gasteiger partial charge in [0.1, 0.15) is 0 Å². The molecule has 0 bridgehead atoms. The number of carboxylic acid groups (broad SMARTS) is 1. The highest BCUT2D eigenvalue weighted by Gasteiger charge is 2.30. The van der Waals surface area contributed by atoms with E-state index in [-0.39, 0.29) is 6.03 Å². The largest absolute Gasteiger partial charge is 0.481 e. The number of aryl methyl sites for hydroxylation is 1. The van der Waals surface area contributed by atoms with Crippen LogP contribution in [-0.4, -0.2) is 40.1 Å². The molecule has 0 saturated carbocycles. The van der Waals surface area contributed by atoms with Crippen molar-refractivity contribution in [2.24, 2.45) is 5.92 Å². The molecule has 2 rings (SSSR count). The molecule has 6 nitrogen and oxygen atoms in total. The average molecular weight is 269 g/mol. The van der Waals surface area contributed by atoms with Gasteiger partial charge in [0.2, 0.25) is 0 Å². The van der Waals surface area contributed by atoms with Gasteiger partial charge in [-0.25, -0.2) is 9.78 Å². The smallest absolute Gasteiger partial charge is 0.317 e. The molecule has 18 heavy (non-hydrogen) atoms. The number of aromatic nitrogens is 1. The summed E-state index contributed by atoms with van der Waals surface area (Å²) in [7, 11) is 0. The number of nitrogens with zero attached hydrogens (tertiary/aromatic N) is 2. The standard InChI is InChI=1S/C11H15N3O3S/c1-7-12-4-9(18-7)5-13-11(17)14-3-2-8(6-14)10(15)16/h4,8H,2-3,5-6H2,1H3,(H,13,17)(H,15,16). The van der Waals surface area contributed by atoms with E-state index in [0.717, 1.165) is 9.88 Å². The fourth-order valence-electron chi connectivity index (χ4n) is 1.91. The summed E-state index contributed by atoms with van der Waals surface area (Å²) in [6.07, 6.45) is 2.27. The molecule has 2 N–H and O–H groups in total. The lowest BCUT2D eigenvalue weighted by Gasteiger charge is -2.16. The van der Waals surface area contributed by atoms with Crippen LogP contribution in [0.2, 0.25) is 0 Å². The maximum Gasteiger partial charge on any atom is 0.317 e. The Hall–Kier alpha value is -1.63. The summed E-state index contributed by atoms with van der Waals surface area (Å²) in [5.41, 5.74) is 0. The van der Waals surface area contributed by atoms with Crippen LogP contribution in [0.4, 0.5) is 4.79 Å². The summed E-state index contributed by atoms with van der Waals surface area (Å²) in [4.78, 5) is 29.2. The summed E-state index contributed by atoms with van der Waals surface area (Å²) in [6.45, 7) is 3.15. The third kappa shape index (κ3) is 2.98. The van der Waals surface area contributed by atoms with Crippen LogP contribution in [0.25, 0.3) is 0 Å². The number of hydrogen-bond donors (Lipinski definition) is 2. The van der Waals surface area contributed by atoms with E-state index in [1.807, 2.05) is 6.92 Å². The molecule has 7 heteroatoms. The zero-order valence-corrected chi connectivity index (χ0v) is 10.9. The molecule has 98 valence electrons. The van der Waals surface area contributed by atoms with Crippen LogP contribution in [0.5, 0.6) is 0 Å². The molecule has 1 saturated heterocycles. The summed E-state index contributed by atoms with van der Waals surface area (Å²) in [5.74, 6) is -1.26. The minimum absolute atomic E-state index is 0.204. The second-order valence-corrected chi connectivity index (χ2v) is 5.59. The molecular formula is C11H15N3O3S. The predicted octanol–water partition coefficient (Wildman–Crippen LogP) is 1.07. The molecule has 1 aromatic rings. The Morgan fingerprint density at radius 3 is 3.00 bits per heavy atom. The lowest BCUT2D eigenvalue weighted by Crippen LogP contribution is -2.38. The molecule has 1 unspecified atom stereocenters. The number of amides is 2. The first kappa shape index (κ1) is 12.8. The van der Waals surface area contributed by atoms with Crippen LogP contribution in [0.1, 0.15) is 16.3 Å². The van der Waals surface area contributed by atoms with Crippen molar-refractivity contribution in [3.63, 3.8) is 0 Å². The number of urea groups is 1. The van der Waals surface area contributed by atoms with Gasteiger partial charge in [0, 0.05) is 24.2 Å². The highest BCUT2D eigenvalue weighted by atomic mass is 32.1. The first-order valence-corrected chi connectivity index (χ1v) is 6.55. The Balaban J connectivity index is 1.80. The third-order valence-corrected chi connectivity index (χ3v) is 3.82. The van der Waals surface area contributed by atoms with Crippen molar-refractivity contribution in [3.8, 4) is 0 Å². The summed E-state index contributed by atoms with van der Waals surface area (Å²) < 4.78 is 0. The molecular weight excluding hydrogens is 254 g/mol. The third-order valence-electron chi connectivity index (χ3n) is 2.91. The number of aliphatic carboxylic acids is 1. The molecule has 2 heterocycles. The second kappa shape index (κ2) is 5.34. The molecule has 1 aliphatic heterocycles. The van der Waals surface area contributed by atoms with Gasteiger partial charge >= 0.3 is 12.0 Å². The quantitative estimate of drug-likeness (QED) is 0.859. The van der Waals surface area contributed by atoms with E-state index in [4.69, 9.17) is 5.11 Å². The van der Waals surface area contributed by atoms with Crippen molar-refractivity contribution in [3.05, 3.63) is 16.1 Å². The number of carboxylic acids is 1. The normalized spacial score (nSPS) is 18.9. The van der Waals surface area contributed by atoms with E-state index in [1.165, 1.54) is 11.3 Å². The van der Waals surface area contributed by atoms with Crippen molar-refractivity contribution in [2.45, 2.75) is 19.9 Å². The van der Waals surface area contributed by atoms with Gasteiger partial charge in [-0.3, -0.25) is 4.79 Å². The van der Waals surface area contributed by atoms with Gasteiger partial charge in [0.25, 0.3) is 0 Å². The van der Waals surface area contributed by atoms with E-state index in [2.05, 4.69) is 10.3 Å². The monoisotopic (exact) mass is 269 g/mol. The molecule has 1 aliphatic rings. The maximum absolute atomic E-state index is 11.8. The lowest BCUT2D eigenvalue weighted by molar-refractivity contribution is -0.141. The van der Waals surface area contributed by atoms with E-state index in [1.54, 1.807) is 11.1 Å². The van der Waals surface area contributed by atoms with Gasteiger partial charge < -0.3 is 15.3 Å². The molecule has 2 amide bonds. The SMILES string of the molecule is Cc1ncc(CNC(=O)N2CCC(C(=O)O)C2)s1. The van der Waals surface area contributed by atoms with Gasteiger partial charge in [-0.05, 0) is 13.3 Å². The lowest BCUT2D eigenvalue weighted by atomic mass is 10.1. The Labute approximate surface area is 109 Å². The topological polar surface area (TPSA) is 82.5 Å². The van der Waals surface area contributed by atoms with Crippen LogP contribution in [0.3, 0.4) is 0 Å². The average Bonchev–Trinajstić information content (AvgIpc) is 2.94. The predicted molar refractivity (Wildman–Crippen MR) is 66.4 cm³/mol. The Kier molecular flexibility index (Phi) is 3.81. The van der Waals surface area contributed by atoms with Crippen molar-refractivity contribution in [2.75, 3.05) is 13.1 Å². The van der Waals surface area contributed by atoms with Crippen LogP contribution in [0.15, 0.2) is 6.20 Å². The van der Waals surface area contributed by atoms with Gasteiger partial charge in [-0.15, -0.1) is 11.3 Å². The first-order valence-electron chi connectivity index (χ1n) is 5.73. The van der Waals surface area contributed by atoms with Gasteiger partial charge in [0.05, 0.1) is 17.5 Å². The summed E-state index contributed by atoms with van der Waals surface area (Å²) >= 11 is 1.54. The minimum Gasteiger partial charge on any atom is -0.481 e. The molecule has 0 radical (unpaired) electrons. The highest BCUT2D eigenvalue weighted by Crippen LogP contribution is 2.16.